The van der Waals surface area contributed by atoms with E-state index in [0.29, 0.717) is 23.2 Å². The van der Waals surface area contributed by atoms with Crippen LogP contribution in [0, 0.1) is 23.3 Å². The van der Waals surface area contributed by atoms with Crippen molar-refractivity contribution in [3.05, 3.63) is 77.9 Å². The number of hydrogen-bond donors (Lipinski definition) is 2. The molecule has 7 nitrogen and oxygen atoms in total. The van der Waals surface area contributed by atoms with Crippen molar-refractivity contribution in [2.75, 3.05) is 16.8 Å². The SMILES string of the molecule is CC(C)(C)NS(=O)(=O)c1ccccc1-c1ccc(NC(=O)O[C@H]2CCCN2c2c(F)c(F)cc(F)c2F)cc1. The summed E-state index contributed by atoms with van der Waals surface area (Å²) in [6.45, 7) is 5.23. The fraction of sp³-hybridized carbons (Fsp3) is 0.296. The number of amides is 1. The average Bonchev–Trinajstić information content (AvgIpc) is 3.29. The second kappa shape index (κ2) is 10.9. The van der Waals surface area contributed by atoms with Gasteiger partial charge in [0.1, 0.15) is 5.69 Å². The van der Waals surface area contributed by atoms with E-state index < -0.39 is 56.8 Å². The van der Waals surface area contributed by atoms with Crippen LogP contribution in [0.2, 0.25) is 0 Å². The molecule has 208 valence electrons. The first kappa shape index (κ1) is 28.4. The molecule has 0 aliphatic carbocycles. The molecule has 0 unspecified atom stereocenters. The van der Waals surface area contributed by atoms with E-state index in [1.165, 1.54) is 18.2 Å². The molecule has 1 fully saturated rings. The zero-order chi connectivity index (χ0) is 28.5. The van der Waals surface area contributed by atoms with Crippen molar-refractivity contribution < 1.29 is 35.5 Å². The molecule has 12 heteroatoms. The zero-order valence-electron chi connectivity index (χ0n) is 21.4. The lowest BCUT2D eigenvalue weighted by Gasteiger charge is -2.27. The van der Waals surface area contributed by atoms with Gasteiger partial charge in [-0.1, -0.05) is 30.3 Å². The zero-order valence-corrected chi connectivity index (χ0v) is 22.2. The Hall–Kier alpha value is -3.64. The maximum atomic E-state index is 14.3. The molecule has 0 spiro atoms. The third-order valence-corrected chi connectivity index (χ3v) is 7.69. The highest BCUT2D eigenvalue weighted by Gasteiger charge is 2.34. The molecule has 0 aromatic heterocycles. The van der Waals surface area contributed by atoms with E-state index in [-0.39, 0.29) is 23.9 Å². The number of anilines is 2. The number of carbonyl (C=O) groups excluding carboxylic acids is 1. The number of nitrogens with zero attached hydrogens (tertiary/aromatic N) is 1. The lowest BCUT2D eigenvalue weighted by atomic mass is 10.1. The van der Waals surface area contributed by atoms with Gasteiger partial charge in [0.05, 0.1) is 4.90 Å². The first-order valence-electron chi connectivity index (χ1n) is 12.1. The van der Waals surface area contributed by atoms with E-state index in [1.54, 1.807) is 51.1 Å². The van der Waals surface area contributed by atoms with Gasteiger partial charge in [-0.2, -0.15) is 0 Å². The fourth-order valence-electron chi connectivity index (χ4n) is 4.33. The van der Waals surface area contributed by atoms with E-state index in [4.69, 9.17) is 4.74 Å². The third-order valence-electron chi connectivity index (χ3n) is 5.88. The van der Waals surface area contributed by atoms with Crippen LogP contribution < -0.4 is 14.9 Å². The molecule has 1 aliphatic heterocycles. The quantitative estimate of drug-likeness (QED) is 0.276. The first-order valence-corrected chi connectivity index (χ1v) is 13.6. The number of benzene rings is 3. The highest BCUT2D eigenvalue weighted by molar-refractivity contribution is 7.89. The highest BCUT2D eigenvalue weighted by atomic mass is 32.2. The van der Waals surface area contributed by atoms with E-state index in [2.05, 4.69) is 10.0 Å². The van der Waals surface area contributed by atoms with Gasteiger partial charge < -0.3 is 9.64 Å². The van der Waals surface area contributed by atoms with E-state index in [0.717, 1.165) is 4.90 Å². The molecule has 3 aromatic rings. The lowest BCUT2D eigenvalue weighted by molar-refractivity contribution is 0.115. The van der Waals surface area contributed by atoms with Gasteiger partial charge in [-0.05, 0) is 51.0 Å². The van der Waals surface area contributed by atoms with Crippen molar-refractivity contribution in [2.45, 2.75) is 50.3 Å². The van der Waals surface area contributed by atoms with Crippen LogP contribution in [0.4, 0.5) is 33.7 Å². The number of halogens is 4. The molecule has 0 bridgehead atoms. The monoisotopic (exact) mass is 565 g/mol. The van der Waals surface area contributed by atoms with Crippen LogP contribution >= 0.6 is 0 Å². The Morgan fingerprint density at radius 1 is 0.974 bits per heavy atom. The van der Waals surface area contributed by atoms with Gasteiger partial charge in [-0.3, -0.25) is 5.32 Å². The summed E-state index contributed by atoms with van der Waals surface area (Å²) in [4.78, 5) is 13.6. The van der Waals surface area contributed by atoms with Gasteiger partial charge in [0.25, 0.3) is 0 Å². The van der Waals surface area contributed by atoms with Crippen molar-refractivity contribution in [3.8, 4) is 11.1 Å². The van der Waals surface area contributed by atoms with Gasteiger partial charge in [0.2, 0.25) is 10.0 Å². The van der Waals surface area contributed by atoms with E-state index >= 15 is 0 Å². The molecular formula is C27H27F4N3O4S. The topological polar surface area (TPSA) is 87.7 Å². The molecule has 1 saturated heterocycles. The molecule has 0 saturated carbocycles. The van der Waals surface area contributed by atoms with Crippen molar-refractivity contribution in [2.24, 2.45) is 0 Å². The van der Waals surface area contributed by atoms with Crippen molar-refractivity contribution >= 4 is 27.5 Å². The van der Waals surface area contributed by atoms with Crippen LogP contribution in [0.3, 0.4) is 0 Å². The Balaban J connectivity index is 1.49. The predicted molar refractivity (Wildman–Crippen MR) is 139 cm³/mol. The van der Waals surface area contributed by atoms with Gasteiger partial charge in [-0.15, -0.1) is 0 Å². The number of rotatable bonds is 6. The van der Waals surface area contributed by atoms with Crippen molar-refractivity contribution in [1.82, 2.24) is 4.72 Å². The van der Waals surface area contributed by atoms with Gasteiger partial charge in [0.15, 0.2) is 29.5 Å². The maximum absolute atomic E-state index is 14.3. The molecule has 0 radical (unpaired) electrons. The second-order valence-electron chi connectivity index (χ2n) is 10.1. The molecule has 1 amide bonds. The van der Waals surface area contributed by atoms with Crippen molar-refractivity contribution in [1.29, 1.82) is 0 Å². The molecule has 1 atom stereocenters. The number of ether oxygens (including phenoxy) is 1. The molecule has 4 rings (SSSR count). The summed E-state index contributed by atoms with van der Waals surface area (Å²) in [5, 5.41) is 2.49. The predicted octanol–water partition coefficient (Wildman–Crippen LogP) is 6.16. The Labute approximate surface area is 223 Å². The standard InChI is InChI=1S/C27H27F4N3O4S/c1-27(2,3)33-39(36,37)21-8-5-4-7-18(21)16-10-12-17(13-11-16)32-26(35)38-22-9-6-14-34(22)25-23(30)19(28)15-20(29)24(25)31/h4-5,7-8,10-13,15,22,33H,6,9,14H2,1-3H3,(H,32,35)/t22-/m0/s1. The van der Waals surface area contributed by atoms with Crippen molar-refractivity contribution in [3.63, 3.8) is 0 Å². The largest absolute Gasteiger partial charge is 0.425 e. The minimum absolute atomic E-state index is 0.0236. The Bertz CT molecular complexity index is 1470. The lowest BCUT2D eigenvalue weighted by Crippen LogP contribution is -2.40. The number of carbonyl (C=O) groups is 1. The average molecular weight is 566 g/mol. The Kier molecular flexibility index (Phi) is 7.89. The summed E-state index contributed by atoms with van der Waals surface area (Å²) in [7, 11) is -3.82. The van der Waals surface area contributed by atoms with Crippen LogP contribution in [0.25, 0.3) is 11.1 Å². The summed E-state index contributed by atoms with van der Waals surface area (Å²) in [6.07, 6.45) is -1.54. The van der Waals surface area contributed by atoms with E-state index in [1.807, 2.05) is 0 Å². The molecule has 3 aromatic carbocycles. The third kappa shape index (κ3) is 6.34. The van der Waals surface area contributed by atoms with Crippen LogP contribution in [0.5, 0.6) is 0 Å². The fourth-order valence-corrected chi connectivity index (χ4v) is 5.98. The number of nitrogens with one attached hydrogen (secondary N) is 2. The van der Waals surface area contributed by atoms with Crippen LogP contribution in [0.15, 0.2) is 59.5 Å². The smallest absolute Gasteiger partial charge is 0.413 e. The van der Waals surface area contributed by atoms with Crippen LogP contribution in [-0.4, -0.2) is 32.8 Å². The maximum Gasteiger partial charge on any atom is 0.413 e. The summed E-state index contributed by atoms with van der Waals surface area (Å²) in [5.41, 5.74) is -0.284. The number of sulfonamides is 1. The summed E-state index contributed by atoms with van der Waals surface area (Å²) < 4.78 is 89.8. The molecular weight excluding hydrogens is 538 g/mol. The van der Waals surface area contributed by atoms with Gasteiger partial charge >= 0.3 is 6.09 Å². The normalized spacial score (nSPS) is 15.9. The summed E-state index contributed by atoms with van der Waals surface area (Å²) in [5.74, 6) is -6.24. The minimum Gasteiger partial charge on any atom is -0.425 e. The summed E-state index contributed by atoms with van der Waals surface area (Å²) in [6, 6.07) is 12.9. The molecule has 1 heterocycles. The minimum atomic E-state index is -3.82. The van der Waals surface area contributed by atoms with E-state index in [9.17, 15) is 30.8 Å². The molecule has 39 heavy (non-hydrogen) atoms. The summed E-state index contributed by atoms with van der Waals surface area (Å²) >= 11 is 0. The van der Waals surface area contributed by atoms with Crippen LogP contribution in [0.1, 0.15) is 33.6 Å². The van der Waals surface area contributed by atoms with Crippen LogP contribution in [-0.2, 0) is 14.8 Å². The second-order valence-corrected chi connectivity index (χ2v) is 11.7. The van der Waals surface area contributed by atoms with Gasteiger partial charge in [0, 0.05) is 35.8 Å². The van der Waals surface area contributed by atoms with Gasteiger partial charge in [-0.25, -0.2) is 35.5 Å². The highest BCUT2D eigenvalue weighted by Crippen LogP contribution is 2.34. The Morgan fingerprint density at radius 3 is 2.21 bits per heavy atom. The first-order chi connectivity index (χ1) is 18.3. The Morgan fingerprint density at radius 2 is 1.59 bits per heavy atom. The number of hydrogen-bond acceptors (Lipinski definition) is 5. The molecule has 2 N–H and O–H groups in total. The molecule has 1 aliphatic rings.